The maximum atomic E-state index is 11.1. The molecule has 0 aliphatic heterocycles. The quantitative estimate of drug-likeness (QED) is 0.216. The molecule has 0 radical (unpaired) electrons. The minimum atomic E-state index is -0.860. The fraction of sp³-hybridized carbons (Fsp3) is 0.0909. The van der Waals surface area contributed by atoms with Crippen LogP contribution < -0.4 is 10.9 Å². The third kappa shape index (κ3) is 4.56. The zero-order valence-corrected chi connectivity index (χ0v) is 9.75. The van der Waals surface area contributed by atoms with Crippen LogP contribution in [0.5, 0.6) is 5.75 Å². The molecule has 5 N–H and O–H groups in total. The van der Waals surface area contributed by atoms with Crippen LogP contribution in [0, 0.1) is 5.41 Å². The van der Waals surface area contributed by atoms with Gasteiger partial charge in [0.25, 0.3) is 5.91 Å². The van der Waals surface area contributed by atoms with Crippen molar-refractivity contribution in [2.75, 3.05) is 0 Å². The maximum absolute atomic E-state index is 11.1. The van der Waals surface area contributed by atoms with Gasteiger partial charge in [-0.2, -0.15) is 5.10 Å². The van der Waals surface area contributed by atoms with E-state index in [1.165, 1.54) is 23.8 Å². The Kier molecular flexibility index (Phi) is 5.17. The van der Waals surface area contributed by atoms with Crippen molar-refractivity contribution in [1.82, 2.24) is 10.9 Å². The molecule has 1 aromatic carbocycles. The Labute approximate surface area is 108 Å². The number of phenols is 1. The Bertz CT molecular complexity index is 527. The van der Waals surface area contributed by atoms with Gasteiger partial charge in [0.1, 0.15) is 12.2 Å². The van der Waals surface area contributed by atoms with Crippen molar-refractivity contribution >= 4 is 24.2 Å². The average Bonchev–Trinajstić information content (AvgIpc) is 2.40. The van der Waals surface area contributed by atoms with Crippen molar-refractivity contribution in [2.24, 2.45) is 5.10 Å². The number of aromatic hydroxyl groups is 1. The van der Waals surface area contributed by atoms with Crippen molar-refractivity contribution in [2.45, 2.75) is 6.42 Å². The predicted molar refractivity (Wildman–Crippen MR) is 66.3 cm³/mol. The van der Waals surface area contributed by atoms with Gasteiger partial charge in [0.05, 0.1) is 6.21 Å². The first-order valence-corrected chi connectivity index (χ1v) is 5.15. The van der Waals surface area contributed by atoms with E-state index < -0.39 is 18.2 Å². The molecule has 1 rings (SSSR count). The van der Waals surface area contributed by atoms with Crippen molar-refractivity contribution in [3.05, 3.63) is 29.3 Å². The second-order valence-electron chi connectivity index (χ2n) is 3.47. The Hall–Kier alpha value is -2.74. The molecule has 0 atom stereocenters. The molecule has 0 unspecified atom stereocenters. The highest BCUT2D eigenvalue weighted by atomic mass is 16.5. The fourth-order valence-electron chi connectivity index (χ4n) is 1.16. The van der Waals surface area contributed by atoms with Crippen LogP contribution in [0.25, 0.3) is 0 Å². The van der Waals surface area contributed by atoms with E-state index in [0.29, 0.717) is 11.1 Å². The molecule has 2 amide bonds. The zero-order chi connectivity index (χ0) is 14.3. The van der Waals surface area contributed by atoms with Crippen molar-refractivity contribution < 1.29 is 19.9 Å². The first-order chi connectivity index (χ1) is 9.06. The summed E-state index contributed by atoms with van der Waals surface area (Å²) in [6, 6.07) is 4.44. The summed E-state index contributed by atoms with van der Waals surface area (Å²) in [6.07, 6.45) is 1.71. The van der Waals surface area contributed by atoms with Crippen molar-refractivity contribution in [1.29, 1.82) is 5.41 Å². The third-order valence-corrected chi connectivity index (χ3v) is 2.06. The summed E-state index contributed by atoms with van der Waals surface area (Å²) in [5, 5.41) is 28.3. The van der Waals surface area contributed by atoms with Gasteiger partial charge in [-0.25, -0.2) is 10.9 Å². The normalized spacial score (nSPS) is 10.2. The van der Waals surface area contributed by atoms with E-state index in [4.69, 9.17) is 10.6 Å². The minimum Gasteiger partial charge on any atom is -0.507 e. The summed E-state index contributed by atoms with van der Waals surface area (Å²) < 4.78 is 0. The second-order valence-corrected chi connectivity index (χ2v) is 3.47. The number of hydrogen-bond acceptors (Lipinski definition) is 6. The highest BCUT2D eigenvalue weighted by Gasteiger charge is 2.06. The van der Waals surface area contributed by atoms with Crippen LogP contribution in [0.2, 0.25) is 0 Å². The number of carbonyl (C=O) groups excluding carboxylic acids is 2. The summed E-state index contributed by atoms with van der Waals surface area (Å²) in [4.78, 5) is 21.8. The Morgan fingerprint density at radius 1 is 1.37 bits per heavy atom. The predicted octanol–water partition coefficient (Wildman–Crippen LogP) is -0.265. The number of hydroxylamine groups is 1. The number of hydrogen-bond donors (Lipinski definition) is 5. The molecule has 0 saturated carbocycles. The molecular formula is C11H12N4O4. The smallest absolute Gasteiger partial charge is 0.252 e. The molecule has 8 heteroatoms. The molecule has 1 aromatic rings. The van der Waals surface area contributed by atoms with E-state index >= 15 is 0 Å². The van der Waals surface area contributed by atoms with Crippen LogP contribution in [0.4, 0.5) is 0 Å². The summed E-state index contributed by atoms with van der Waals surface area (Å²) in [7, 11) is 0. The lowest BCUT2D eigenvalue weighted by molar-refractivity contribution is -0.134. The molecule has 100 valence electrons. The molecule has 0 aromatic heterocycles. The second kappa shape index (κ2) is 6.87. The van der Waals surface area contributed by atoms with Gasteiger partial charge in [0.2, 0.25) is 5.91 Å². The van der Waals surface area contributed by atoms with Gasteiger partial charge < -0.3 is 10.5 Å². The SMILES string of the molecule is N=Cc1ccc(O)c(/C=N/NC(=O)CC(=O)NO)c1. The number of amides is 2. The van der Waals surface area contributed by atoms with Crippen LogP contribution in [0.3, 0.4) is 0 Å². The minimum absolute atomic E-state index is 0.0586. The average molecular weight is 264 g/mol. The number of benzene rings is 1. The van der Waals surface area contributed by atoms with Gasteiger partial charge in [-0.1, -0.05) is 0 Å². The number of rotatable bonds is 5. The van der Waals surface area contributed by atoms with Crippen LogP contribution in [0.1, 0.15) is 17.5 Å². The molecular weight excluding hydrogens is 252 g/mol. The van der Waals surface area contributed by atoms with Crippen molar-refractivity contribution in [3.63, 3.8) is 0 Å². The summed E-state index contributed by atoms with van der Waals surface area (Å²) >= 11 is 0. The highest BCUT2D eigenvalue weighted by molar-refractivity contribution is 5.97. The number of nitrogens with zero attached hydrogens (tertiary/aromatic N) is 1. The lowest BCUT2D eigenvalue weighted by Gasteiger charge is -2.01. The molecule has 0 spiro atoms. The molecule has 0 saturated heterocycles. The molecule has 0 bridgehead atoms. The van der Waals surface area contributed by atoms with E-state index in [0.717, 1.165) is 6.21 Å². The Morgan fingerprint density at radius 3 is 2.74 bits per heavy atom. The van der Waals surface area contributed by atoms with E-state index in [2.05, 4.69) is 10.5 Å². The van der Waals surface area contributed by atoms with Gasteiger partial charge in [0.15, 0.2) is 0 Å². The number of phenolic OH excluding ortho intramolecular Hbond substituents is 1. The largest absolute Gasteiger partial charge is 0.507 e. The molecule has 8 nitrogen and oxygen atoms in total. The van der Waals surface area contributed by atoms with E-state index in [-0.39, 0.29) is 5.75 Å². The van der Waals surface area contributed by atoms with E-state index in [9.17, 15) is 14.7 Å². The summed E-state index contributed by atoms with van der Waals surface area (Å²) in [6.45, 7) is 0. The van der Waals surface area contributed by atoms with Crippen LogP contribution in [0.15, 0.2) is 23.3 Å². The van der Waals surface area contributed by atoms with Gasteiger partial charge in [-0.05, 0) is 23.8 Å². The first-order valence-electron chi connectivity index (χ1n) is 5.15. The van der Waals surface area contributed by atoms with Crippen LogP contribution in [-0.4, -0.2) is 34.6 Å². The molecule has 19 heavy (non-hydrogen) atoms. The molecule has 0 aliphatic rings. The summed E-state index contributed by atoms with van der Waals surface area (Å²) in [5.41, 5.74) is 4.24. The molecule has 0 fully saturated rings. The Morgan fingerprint density at radius 2 is 2.11 bits per heavy atom. The van der Waals surface area contributed by atoms with E-state index in [1.807, 2.05) is 0 Å². The standard InChI is InChI=1S/C11H12N4O4/c12-5-7-1-2-9(16)8(3-7)6-13-14-10(17)4-11(18)15-19/h1-3,5-6,12,16,19H,4H2,(H,14,17)(H,15,18)/b12-5?,13-6+. The topological polar surface area (TPSA) is 135 Å². The van der Waals surface area contributed by atoms with E-state index in [1.54, 1.807) is 6.07 Å². The lowest BCUT2D eigenvalue weighted by Crippen LogP contribution is -2.27. The summed E-state index contributed by atoms with van der Waals surface area (Å²) in [5.74, 6) is -1.64. The van der Waals surface area contributed by atoms with Crippen LogP contribution in [-0.2, 0) is 9.59 Å². The fourth-order valence-corrected chi connectivity index (χ4v) is 1.16. The van der Waals surface area contributed by atoms with Gasteiger partial charge >= 0.3 is 0 Å². The maximum Gasteiger partial charge on any atom is 0.252 e. The van der Waals surface area contributed by atoms with Gasteiger partial charge in [-0.15, -0.1) is 0 Å². The third-order valence-electron chi connectivity index (χ3n) is 2.06. The van der Waals surface area contributed by atoms with Crippen molar-refractivity contribution in [3.8, 4) is 5.75 Å². The monoisotopic (exact) mass is 264 g/mol. The number of carbonyl (C=O) groups is 2. The highest BCUT2D eigenvalue weighted by Crippen LogP contribution is 2.15. The lowest BCUT2D eigenvalue weighted by atomic mass is 10.1. The molecule has 0 heterocycles. The Balaban J connectivity index is 2.64. The van der Waals surface area contributed by atoms with Gasteiger partial charge in [-0.3, -0.25) is 14.8 Å². The zero-order valence-electron chi connectivity index (χ0n) is 9.75. The first kappa shape index (κ1) is 14.3. The number of nitrogens with one attached hydrogen (secondary N) is 3. The number of hydrazone groups is 1. The van der Waals surface area contributed by atoms with Gasteiger partial charge in [0, 0.05) is 11.8 Å². The van der Waals surface area contributed by atoms with Crippen LogP contribution >= 0.6 is 0 Å². The molecule has 0 aliphatic carbocycles.